The molecule has 6 nitrogen and oxygen atoms in total. The first-order chi connectivity index (χ1) is 13.3. The van der Waals surface area contributed by atoms with E-state index in [-0.39, 0.29) is 22.6 Å². The van der Waals surface area contributed by atoms with Crippen molar-refractivity contribution in [2.75, 3.05) is 19.7 Å². The van der Waals surface area contributed by atoms with Gasteiger partial charge in [-0.05, 0) is 37.3 Å². The van der Waals surface area contributed by atoms with Crippen molar-refractivity contribution in [1.29, 1.82) is 0 Å². The minimum atomic E-state index is -4.58. The molecule has 5 heterocycles. The maximum absolute atomic E-state index is 12.6. The van der Waals surface area contributed by atoms with Crippen molar-refractivity contribution in [1.82, 2.24) is 15.2 Å². The average Bonchev–Trinajstić information content (AvgIpc) is 3.10. The molecule has 1 amide bonds. The van der Waals surface area contributed by atoms with Crippen molar-refractivity contribution in [3.05, 3.63) is 28.9 Å². The third kappa shape index (κ3) is 4.12. The van der Waals surface area contributed by atoms with Crippen LogP contribution in [0.4, 0.5) is 13.2 Å². The largest absolute Gasteiger partial charge is 0.452 e. The van der Waals surface area contributed by atoms with Gasteiger partial charge in [-0.2, -0.15) is 13.2 Å². The molecule has 3 aliphatic rings. The first-order valence-electron chi connectivity index (χ1n) is 8.97. The maximum Gasteiger partial charge on any atom is 0.422 e. The molecule has 2 bridgehead atoms. The number of carbonyl (C=O) groups excluding carboxylic acids is 2. The number of halogens is 3. The Labute approximate surface area is 162 Å². The quantitative estimate of drug-likeness (QED) is 0.780. The molecule has 0 spiro atoms. The number of carbonyl (C=O) groups is 2. The number of amides is 1. The summed E-state index contributed by atoms with van der Waals surface area (Å²) in [7, 11) is 0. The van der Waals surface area contributed by atoms with Crippen LogP contribution in [-0.4, -0.2) is 53.8 Å². The number of alkyl halides is 3. The number of hydrogen-bond acceptors (Lipinski definition) is 6. The fourth-order valence-corrected chi connectivity index (χ4v) is 4.68. The highest BCUT2D eigenvalue weighted by Crippen LogP contribution is 2.31. The summed E-state index contributed by atoms with van der Waals surface area (Å²) >= 11 is 0.973. The molecule has 1 N–H and O–H groups in total. The van der Waals surface area contributed by atoms with Gasteiger partial charge in [0.05, 0.1) is 6.17 Å². The molecule has 2 aromatic rings. The van der Waals surface area contributed by atoms with Gasteiger partial charge in [0.2, 0.25) is 0 Å². The van der Waals surface area contributed by atoms with Gasteiger partial charge in [0, 0.05) is 29.4 Å². The highest BCUT2D eigenvalue weighted by atomic mass is 32.1. The Bertz CT molecular complexity index is 906. The number of hydrogen-bond donors (Lipinski definition) is 1. The highest BCUT2D eigenvalue weighted by molar-refractivity contribution is 7.20. The van der Waals surface area contributed by atoms with Crippen LogP contribution in [0.15, 0.2) is 18.3 Å². The Morgan fingerprint density at radius 1 is 1.29 bits per heavy atom. The Kier molecular flexibility index (Phi) is 5.00. The molecule has 0 aliphatic carbocycles. The van der Waals surface area contributed by atoms with Crippen molar-refractivity contribution in [3.8, 4) is 0 Å². The topological polar surface area (TPSA) is 71.5 Å². The standard InChI is InChI=1S/C18H18F3N3O3S/c19-18(20,21)9-27-17(26)14-6-11-8-22-12(7-13(11)28-14)16(25)23-15-5-10-1-3-24(15)4-2-10/h6-8,10,15H,1-5,9H2,(H,23,25). The summed E-state index contributed by atoms with van der Waals surface area (Å²) in [6.45, 7) is 0.331. The molecule has 3 fully saturated rings. The lowest BCUT2D eigenvalue weighted by atomic mass is 9.86. The number of rotatable bonds is 4. The molecule has 5 rings (SSSR count). The molecule has 1 unspecified atom stereocenters. The van der Waals surface area contributed by atoms with E-state index in [0.717, 1.165) is 30.8 Å². The van der Waals surface area contributed by atoms with Crippen LogP contribution in [-0.2, 0) is 4.74 Å². The van der Waals surface area contributed by atoms with E-state index < -0.39 is 18.8 Å². The fourth-order valence-electron chi connectivity index (χ4n) is 3.72. The van der Waals surface area contributed by atoms with E-state index in [2.05, 4.69) is 19.9 Å². The molecule has 0 radical (unpaired) electrons. The smallest absolute Gasteiger partial charge is 0.422 e. The van der Waals surface area contributed by atoms with Gasteiger partial charge in [0.15, 0.2) is 6.61 Å². The zero-order valence-electron chi connectivity index (χ0n) is 14.8. The van der Waals surface area contributed by atoms with Gasteiger partial charge < -0.3 is 10.1 Å². The average molecular weight is 413 g/mol. The lowest BCUT2D eigenvalue weighted by molar-refractivity contribution is -0.161. The van der Waals surface area contributed by atoms with Gasteiger partial charge in [-0.1, -0.05) is 0 Å². The number of piperidine rings is 3. The third-order valence-corrected chi connectivity index (χ3v) is 6.22. The third-order valence-electron chi connectivity index (χ3n) is 5.15. The molecule has 10 heteroatoms. The van der Waals surface area contributed by atoms with E-state index in [9.17, 15) is 22.8 Å². The number of thiophene rings is 1. The van der Waals surface area contributed by atoms with Crippen LogP contribution in [0.3, 0.4) is 0 Å². The van der Waals surface area contributed by atoms with Gasteiger partial charge in [0.1, 0.15) is 10.6 Å². The van der Waals surface area contributed by atoms with Gasteiger partial charge in [0.25, 0.3) is 5.91 Å². The van der Waals surface area contributed by atoms with Crippen LogP contribution in [0, 0.1) is 5.92 Å². The molecular weight excluding hydrogens is 395 g/mol. The molecule has 0 aromatic carbocycles. The summed E-state index contributed by atoms with van der Waals surface area (Å²) < 4.78 is 41.4. The van der Waals surface area contributed by atoms with Crippen LogP contribution in [0.5, 0.6) is 0 Å². The lowest BCUT2D eigenvalue weighted by Gasteiger charge is -2.45. The summed E-state index contributed by atoms with van der Waals surface area (Å²) in [5.41, 5.74) is 0.215. The number of aromatic nitrogens is 1. The highest BCUT2D eigenvalue weighted by Gasteiger charge is 2.34. The summed E-state index contributed by atoms with van der Waals surface area (Å²) in [6.07, 6.45) is 0.136. The van der Waals surface area contributed by atoms with E-state index in [1.54, 1.807) is 6.07 Å². The predicted molar refractivity (Wildman–Crippen MR) is 96.1 cm³/mol. The van der Waals surface area contributed by atoms with Gasteiger partial charge >= 0.3 is 12.1 Å². The minimum Gasteiger partial charge on any atom is -0.452 e. The molecule has 150 valence electrons. The molecule has 28 heavy (non-hydrogen) atoms. The van der Waals surface area contributed by atoms with Crippen molar-refractivity contribution in [2.24, 2.45) is 5.92 Å². The molecular formula is C18H18F3N3O3S. The van der Waals surface area contributed by atoms with E-state index in [1.807, 2.05) is 0 Å². The normalized spacial score (nSPS) is 24.3. The second-order valence-electron chi connectivity index (χ2n) is 7.11. The summed E-state index contributed by atoms with van der Waals surface area (Å²) in [5, 5.41) is 3.58. The van der Waals surface area contributed by atoms with Crippen LogP contribution in [0.25, 0.3) is 10.1 Å². The van der Waals surface area contributed by atoms with Gasteiger partial charge in [-0.3, -0.25) is 14.7 Å². The van der Waals surface area contributed by atoms with Crippen molar-refractivity contribution >= 4 is 33.3 Å². The molecule has 3 saturated heterocycles. The van der Waals surface area contributed by atoms with Gasteiger partial charge in [-0.25, -0.2) is 4.79 Å². The van der Waals surface area contributed by atoms with Crippen LogP contribution in [0.2, 0.25) is 0 Å². The predicted octanol–water partition coefficient (Wildman–Crippen LogP) is 3.19. The molecule has 0 saturated carbocycles. The van der Waals surface area contributed by atoms with E-state index in [0.29, 0.717) is 16.0 Å². The van der Waals surface area contributed by atoms with Gasteiger partial charge in [-0.15, -0.1) is 11.3 Å². The Morgan fingerprint density at radius 2 is 2.04 bits per heavy atom. The number of fused-ring (bicyclic) bond motifs is 4. The summed E-state index contributed by atoms with van der Waals surface area (Å²) in [4.78, 5) is 30.8. The van der Waals surface area contributed by atoms with Crippen molar-refractivity contribution in [2.45, 2.75) is 31.6 Å². The second-order valence-corrected chi connectivity index (χ2v) is 8.20. The summed E-state index contributed by atoms with van der Waals surface area (Å²) in [6, 6.07) is 2.96. The first-order valence-corrected chi connectivity index (χ1v) is 9.78. The van der Waals surface area contributed by atoms with Crippen LogP contribution >= 0.6 is 11.3 Å². The number of ether oxygens (including phenoxy) is 1. The van der Waals surface area contributed by atoms with E-state index in [4.69, 9.17) is 0 Å². The zero-order chi connectivity index (χ0) is 19.9. The van der Waals surface area contributed by atoms with Crippen molar-refractivity contribution < 1.29 is 27.5 Å². The Balaban J connectivity index is 1.45. The van der Waals surface area contributed by atoms with E-state index in [1.165, 1.54) is 25.1 Å². The second kappa shape index (κ2) is 7.32. The number of pyridine rings is 1. The molecule has 3 aliphatic heterocycles. The minimum absolute atomic E-state index is 0.00809. The van der Waals surface area contributed by atoms with Crippen LogP contribution < -0.4 is 5.32 Å². The molecule has 1 atom stereocenters. The number of nitrogens with zero attached hydrogens (tertiary/aromatic N) is 2. The summed E-state index contributed by atoms with van der Waals surface area (Å²) in [5.74, 6) is -0.696. The fraction of sp³-hybridized carbons (Fsp3) is 0.500. The van der Waals surface area contributed by atoms with E-state index >= 15 is 0 Å². The van der Waals surface area contributed by atoms with Crippen molar-refractivity contribution in [3.63, 3.8) is 0 Å². The SMILES string of the molecule is O=C(NC1CC2CCN1CC2)c1cc2sc(C(=O)OCC(F)(F)F)cc2cn1. The lowest BCUT2D eigenvalue weighted by Crippen LogP contribution is -2.56. The molecule has 2 aromatic heterocycles. The Morgan fingerprint density at radius 3 is 2.68 bits per heavy atom. The maximum atomic E-state index is 12.6. The number of nitrogens with one attached hydrogen (secondary N) is 1. The number of esters is 1. The first kappa shape index (κ1) is 19.1. The monoisotopic (exact) mass is 413 g/mol. The zero-order valence-corrected chi connectivity index (χ0v) is 15.6. The van der Waals surface area contributed by atoms with Crippen LogP contribution in [0.1, 0.15) is 39.4 Å². The Hall–Kier alpha value is -2.20.